The van der Waals surface area contributed by atoms with E-state index in [1.165, 1.54) is 0 Å². The van der Waals surface area contributed by atoms with Crippen molar-refractivity contribution in [3.8, 4) is 24.1 Å². The van der Waals surface area contributed by atoms with Gasteiger partial charge in [-0.1, -0.05) is 43.0 Å². The molecule has 22 heavy (non-hydrogen) atoms. The highest BCUT2D eigenvalue weighted by atomic mass is 16.5. The zero-order valence-corrected chi connectivity index (χ0v) is 12.8. The van der Waals surface area contributed by atoms with E-state index in [0.29, 0.717) is 17.0 Å². The highest BCUT2D eigenvalue weighted by Crippen LogP contribution is 2.18. The number of ether oxygens (including phenoxy) is 1. The zero-order chi connectivity index (χ0) is 16.5. The van der Waals surface area contributed by atoms with Gasteiger partial charge in [-0.15, -0.1) is 12.8 Å². The predicted octanol–water partition coefficient (Wildman–Crippen LogP) is 3.94. The number of benzene rings is 1. The summed E-state index contributed by atoms with van der Waals surface area (Å²) in [6.07, 6.45) is 11.4. The molecule has 1 aromatic carbocycles. The summed E-state index contributed by atoms with van der Waals surface area (Å²) in [5.41, 5.74) is 2.92. The molecule has 1 heterocycles. The SMILES string of the molecule is C#C.C=Cc1c(/C=C(\C)OC)[nH]c(-c2ccccc2)cc1=O. The van der Waals surface area contributed by atoms with Crippen molar-refractivity contribution < 1.29 is 4.74 Å². The van der Waals surface area contributed by atoms with E-state index in [1.54, 1.807) is 25.3 Å². The molecule has 3 heteroatoms. The van der Waals surface area contributed by atoms with Crippen LogP contribution >= 0.6 is 0 Å². The van der Waals surface area contributed by atoms with Crippen LogP contribution in [-0.4, -0.2) is 12.1 Å². The van der Waals surface area contributed by atoms with Crippen molar-refractivity contribution in [1.29, 1.82) is 0 Å². The lowest BCUT2D eigenvalue weighted by atomic mass is 10.1. The Balaban J connectivity index is 0.00000116. The monoisotopic (exact) mass is 293 g/mol. The highest BCUT2D eigenvalue weighted by molar-refractivity contribution is 5.67. The highest BCUT2D eigenvalue weighted by Gasteiger charge is 2.07. The first-order valence-corrected chi connectivity index (χ1v) is 6.66. The Hall–Kier alpha value is -2.99. The maximum Gasteiger partial charge on any atom is 0.189 e. The molecule has 0 aliphatic heterocycles. The molecule has 3 nitrogen and oxygen atoms in total. The van der Waals surface area contributed by atoms with Crippen LogP contribution in [0.15, 0.2) is 53.5 Å². The molecule has 2 rings (SSSR count). The van der Waals surface area contributed by atoms with E-state index in [2.05, 4.69) is 24.4 Å². The summed E-state index contributed by atoms with van der Waals surface area (Å²) in [7, 11) is 1.60. The number of rotatable bonds is 4. The fraction of sp³-hybridized carbons (Fsp3) is 0.105. The van der Waals surface area contributed by atoms with Gasteiger partial charge in [-0.25, -0.2) is 0 Å². The maximum atomic E-state index is 12.2. The number of hydrogen-bond acceptors (Lipinski definition) is 2. The molecule has 2 aromatic rings. The fourth-order valence-corrected chi connectivity index (χ4v) is 1.95. The maximum absolute atomic E-state index is 12.2. The number of terminal acetylenes is 1. The van der Waals surface area contributed by atoms with Gasteiger partial charge >= 0.3 is 0 Å². The van der Waals surface area contributed by atoms with Gasteiger partial charge in [0.2, 0.25) is 0 Å². The largest absolute Gasteiger partial charge is 0.501 e. The van der Waals surface area contributed by atoms with Gasteiger partial charge in [0, 0.05) is 17.3 Å². The minimum atomic E-state index is -0.0623. The van der Waals surface area contributed by atoms with Crippen LogP contribution in [0.4, 0.5) is 0 Å². The zero-order valence-electron chi connectivity index (χ0n) is 12.8. The van der Waals surface area contributed by atoms with Crippen LogP contribution in [0, 0.1) is 12.8 Å². The third kappa shape index (κ3) is 4.00. The van der Waals surface area contributed by atoms with Crippen molar-refractivity contribution in [2.24, 2.45) is 0 Å². The van der Waals surface area contributed by atoms with Gasteiger partial charge < -0.3 is 9.72 Å². The number of nitrogens with one attached hydrogen (secondary N) is 1. The van der Waals surface area contributed by atoms with Crippen molar-refractivity contribution in [3.63, 3.8) is 0 Å². The van der Waals surface area contributed by atoms with Crippen LogP contribution in [0.3, 0.4) is 0 Å². The average Bonchev–Trinajstić information content (AvgIpc) is 2.57. The van der Waals surface area contributed by atoms with Gasteiger partial charge in [0.05, 0.1) is 18.6 Å². The normalized spacial score (nSPS) is 10.3. The van der Waals surface area contributed by atoms with E-state index < -0.39 is 0 Å². The molecule has 1 N–H and O–H groups in total. The third-order valence-electron chi connectivity index (χ3n) is 3.06. The number of allylic oxidation sites excluding steroid dienone is 1. The van der Waals surface area contributed by atoms with E-state index in [-0.39, 0.29) is 5.43 Å². The topological polar surface area (TPSA) is 42.1 Å². The Morgan fingerprint density at radius 3 is 2.45 bits per heavy atom. The van der Waals surface area contributed by atoms with Crippen LogP contribution in [0.5, 0.6) is 0 Å². The summed E-state index contributed by atoms with van der Waals surface area (Å²) in [6.45, 7) is 5.53. The van der Waals surface area contributed by atoms with Crippen LogP contribution in [0.25, 0.3) is 23.4 Å². The fourth-order valence-electron chi connectivity index (χ4n) is 1.95. The van der Waals surface area contributed by atoms with Crippen molar-refractivity contribution in [2.75, 3.05) is 7.11 Å². The van der Waals surface area contributed by atoms with Gasteiger partial charge in [-0.3, -0.25) is 4.79 Å². The third-order valence-corrected chi connectivity index (χ3v) is 3.06. The first-order valence-electron chi connectivity index (χ1n) is 6.66. The Bertz CT molecular complexity index is 737. The quantitative estimate of drug-likeness (QED) is 0.685. The lowest BCUT2D eigenvalue weighted by Gasteiger charge is -2.08. The second-order valence-corrected chi connectivity index (χ2v) is 4.40. The second-order valence-electron chi connectivity index (χ2n) is 4.40. The molecule has 0 aliphatic carbocycles. The van der Waals surface area contributed by atoms with Crippen LogP contribution in [-0.2, 0) is 4.74 Å². The summed E-state index contributed by atoms with van der Waals surface area (Å²) >= 11 is 0. The van der Waals surface area contributed by atoms with E-state index in [1.807, 2.05) is 37.3 Å². The molecule has 0 saturated heterocycles. The number of pyridine rings is 1. The molecule has 0 aliphatic rings. The van der Waals surface area contributed by atoms with Crippen LogP contribution in [0.2, 0.25) is 0 Å². The van der Waals surface area contributed by atoms with E-state index in [0.717, 1.165) is 11.3 Å². The smallest absolute Gasteiger partial charge is 0.189 e. The average molecular weight is 293 g/mol. The van der Waals surface area contributed by atoms with Crippen LogP contribution in [0.1, 0.15) is 18.2 Å². The molecule has 112 valence electrons. The van der Waals surface area contributed by atoms with Gasteiger partial charge in [0.1, 0.15) is 0 Å². The molecule has 0 unspecified atom stereocenters. The molecular weight excluding hydrogens is 274 g/mol. The first kappa shape index (κ1) is 17.1. The van der Waals surface area contributed by atoms with E-state index in [9.17, 15) is 4.79 Å². The van der Waals surface area contributed by atoms with Crippen molar-refractivity contribution in [2.45, 2.75) is 6.92 Å². The molecule has 1 aromatic heterocycles. The van der Waals surface area contributed by atoms with Gasteiger partial charge in [-0.2, -0.15) is 0 Å². The second kappa shape index (κ2) is 8.33. The molecule has 0 spiro atoms. The Morgan fingerprint density at radius 1 is 1.27 bits per heavy atom. The van der Waals surface area contributed by atoms with Crippen molar-refractivity contribution in [1.82, 2.24) is 4.98 Å². The van der Waals surface area contributed by atoms with Crippen LogP contribution < -0.4 is 5.43 Å². The Labute approximate surface area is 131 Å². The molecule has 0 saturated carbocycles. The standard InChI is InChI=1S/C17H17NO2.C2H2/c1-4-14-16(10-12(2)20-3)18-15(11-17(14)19)13-8-6-5-7-9-13;1-2/h4-11H,1H2,2-3H3,(H,18,19);1-2H/b12-10+;. The lowest BCUT2D eigenvalue weighted by Crippen LogP contribution is -2.09. The van der Waals surface area contributed by atoms with Gasteiger partial charge in [0.15, 0.2) is 5.43 Å². The summed E-state index contributed by atoms with van der Waals surface area (Å²) in [5, 5.41) is 0. The summed E-state index contributed by atoms with van der Waals surface area (Å²) < 4.78 is 5.14. The van der Waals surface area contributed by atoms with Gasteiger partial charge in [-0.05, 0) is 18.6 Å². The molecule has 0 atom stereocenters. The van der Waals surface area contributed by atoms with Crippen molar-refractivity contribution in [3.05, 3.63) is 70.2 Å². The number of H-pyrrole nitrogens is 1. The summed E-state index contributed by atoms with van der Waals surface area (Å²) in [6, 6.07) is 11.3. The minimum absolute atomic E-state index is 0.0623. The number of aromatic amines is 1. The number of aromatic nitrogens is 1. The van der Waals surface area contributed by atoms with Crippen molar-refractivity contribution >= 4 is 12.2 Å². The molecular formula is C19H19NO2. The molecule has 0 bridgehead atoms. The van der Waals surface area contributed by atoms with E-state index >= 15 is 0 Å². The predicted molar refractivity (Wildman–Crippen MR) is 93.1 cm³/mol. The number of hydrogen-bond donors (Lipinski definition) is 1. The van der Waals surface area contributed by atoms with E-state index in [4.69, 9.17) is 4.74 Å². The molecule has 0 radical (unpaired) electrons. The van der Waals surface area contributed by atoms with Gasteiger partial charge in [0.25, 0.3) is 0 Å². The molecule has 0 amide bonds. The minimum Gasteiger partial charge on any atom is -0.501 e. The Kier molecular flexibility index (Phi) is 6.46. The number of methoxy groups -OCH3 is 1. The molecule has 0 fully saturated rings. The summed E-state index contributed by atoms with van der Waals surface area (Å²) in [5.74, 6) is 0.717. The first-order chi connectivity index (χ1) is 10.7. The summed E-state index contributed by atoms with van der Waals surface area (Å²) in [4.78, 5) is 15.4. The lowest BCUT2D eigenvalue weighted by molar-refractivity contribution is 0.297. The Morgan fingerprint density at radius 2 is 1.91 bits per heavy atom.